The van der Waals surface area contributed by atoms with E-state index in [-0.39, 0.29) is 17.7 Å². The number of nitrogens with zero attached hydrogens (tertiary/aromatic N) is 3. The van der Waals surface area contributed by atoms with Gasteiger partial charge in [0.15, 0.2) is 0 Å². The van der Waals surface area contributed by atoms with Crippen LogP contribution in [0.15, 0.2) is 36.4 Å². The molecule has 1 aromatic heterocycles. The molecule has 0 saturated carbocycles. The zero-order valence-corrected chi connectivity index (χ0v) is 16.7. The van der Waals surface area contributed by atoms with E-state index < -0.39 is 5.82 Å². The number of hydrogen-bond donors (Lipinski definition) is 0. The first-order valence-corrected chi connectivity index (χ1v) is 10.3. The molecule has 2 aliphatic rings. The second-order valence-electron chi connectivity index (χ2n) is 7.96. The van der Waals surface area contributed by atoms with Gasteiger partial charge < -0.3 is 9.80 Å². The van der Waals surface area contributed by atoms with E-state index in [0.717, 1.165) is 50.2 Å². The summed E-state index contributed by atoms with van der Waals surface area (Å²) in [5.41, 5.74) is 2.84. The SMILES string of the molecule is Cc1ccc(C(=O)N2CCCC2)c(C2CCN(C(=O)c3cccc(F)c3)CC2)n1. The van der Waals surface area contributed by atoms with Crippen molar-refractivity contribution < 1.29 is 14.0 Å². The number of aryl methyl sites for hydroxylation is 1. The summed E-state index contributed by atoms with van der Waals surface area (Å²) in [6, 6.07) is 9.63. The molecular weight excluding hydrogens is 369 g/mol. The highest BCUT2D eigenvalue weighted by Gasteiger charge is 2.30. The van der Waals surface area contributed by atoms with Crippen molar-refractivity contribution in [3.05, 3.63) is 64.7 Å². The number of hydrogen-bond acceptors (Lipinski definition) is 3. The lowest BCUT2D eigenvalue weighted by atomic mass is 9.89. The molecule has 1 aromatic carbocycles. The van der Waals surface area contributed by atoms with Crippen LogP contribution in [0, 0.1) is 12.7 Å². The first kappa shape index (κ1) is 19.6. The van der Waals surface area contributed by atoms with Crippen LogP contribution in [0.1, 0.15) is 63.7 Å². The van der Waals surface area contributed by atoms with Gasteiger partial charge in [-0.1, -0.05) is 6.07 Å². The van der Waals surface area contributed by atoms with Gasteiger partial charge in [0.2, 0.25) is 0 Å². The highest BCUT2D eigenvalue weighted by atomic mass is 19.1. The normalized spacial score (nSPS) is 17.6. The second-order valence-corrected chi connectivity index (χ2v) is 7.96. The molecule has 152 valence electrons. The monoisotopic (exact) mass is 395 g/mol. The molecule has 0 unspecified atom stereocenters. The summed E-state index contributed by atoms with van der Waals surface area (Å²) in [6.45, 7) is 4.72. The third kappa shape index (κ3) is 4.16. The van der Waals surface area contributed by atoms with Gasteiger partial charge in [-0.2, -0.15) is 0 Å². The average Bonchev–Trinajstić information content (AvgIpc) is 3.28. The van der Waals surface area contributed by atoms with Crippen molar-refractivity contribution >= 4 is 11.8 Å². The van der Waals surface area contributed by atoms with Crippen LogP contribution in [0.5, 0.6) is 0 Å². The molecule has 29 heavy (non-hydrogen) atoms. The van der Waals surface area contributed by atoms with Gasteiger partial charge in [-0.05, 0) is 62.9 Å². The Labute approximate surface area is 170 Å². The van der Waals surface area contributed by atoms with Crippen molar-refractivity contribution in [1.82, 2.24) is 14.8 Å². The Hall–Kier alpha value is -2.76. The molecule has 2 saturated heterocycles. The van der Waals surface area contributed by atoms with Crippen molar-refractivity contribution in [1.29, 1.82) is 0 Å². The second kappa shape index (κ2) is 8.31. The van der Waals surface area contributed by atoms with Crippen LogP contribution in [-0.4, -0.2) is 52.8 Å². The van der Waals surface area contributed by atoms with Crippen molar-refractivity contribution in [2.24, 2.45) is 0 Å². The quantitative estimate of drug-likeness (QED) is 0.795. The number of piperidine rings is 1. The minimum absolute atomic E-state index is 0.0725. The molecule has 0 bridgehead atoms. The first-order valence-electron chi connectivity index (χ1n) is 10.3. The molecule has 4 rings (SSSR count). The topological polar surface area (TPSA) is 53.5 Å². The third-order valence-corrected chi connectivity index (χ3v) is 5.93. The fraction of sp³-hybridized carbons (Fsp3) is 0.435. The molecule has 3 heterocycles. The van der Waals surface area contributed by atoms with Gasteiger partial charge in [-0.25, -0.2) is 4.39 Å². The number of amides is 2. The fourth-order valence-corrected chi connectivity index (χ4v) is 4.32. The first-order chi connectivity index (χ1) is 14.0. The van der Waals surface area contributed by atoms with E-state index in [0.29, 0.717) is 24.2 Å². The lowest BCUT2D eigenvalue weighted by Crippen LogP contribution is -2.38. The number of carbonyl (C=O) groups excluding carboxylic acids is 2. The zero-order chi connectivity index (χ0) is 20.4. The van der Waals surface area contributed by atoms with Crippen molar-refractivity contribution in [3.63, 3.8) is 0 Å². The van der Waals surface area contributed by atoms with E-state index in [2.05, 4.69) is 0 Å². The molecule has 2 aliphatic heterocycles. The molecule has 0 aliphatic carbocycles. The van der Waals surface area contributed by atoms with Gasteiger partial charge in [-0.15, -0.1) is 0 Å². The van der Waals surface area contributed by atoms with Crippen LogP contribution in [-0.2, 0) is 0 Å². The van der Waals surface area contributed by atoms with Gasteiger partial charge in [0.1, 0.15) is 5.82 Å². The van der Waals surface area contributed by atoms with E-state index in [1.54, 1.807) is 17.0 Å². The molecule has 0 spiro atoms. The molecule has 2 aromatic rings. The number of aromatic nitrogens is 1. The van der Waals surface area contributed by atoms with Crippen LogP contribution < -0.4 is 0 Å². The van der Waals surface area contributed by atoms with Crippen molar-refractivity contribution in [2.75, 3.05) is 26.2 Å². The minimum atomic E-state index is -0.403. The molecule has 2 fully saturated rings. The highest BCUT2D eigenvalue weighted by molar-refractivity contribution is 5.96. The van der Waals surface area contributed by atoms with E-state index in [9.17, 15) is 14.0 Å². The molecular formula is C23H26FN3O2. The smallest absolute Gasteiger partial charge is 0.255 e. The molecule has 2 amide bonds. The van der Waals surface area contributed by atoms with Crippen LogP contribution in [0.4, 0.5) is 4.39 Å². The highest BCUT2D eigenvalue weighted by Crippen LogP contribution is 2.31. The van der Waals surface area contributed by atoms with Gasteiger partial charge in [-0.3, -0.25) is 14.6 Å². The predicted octanol–water partition coefficient (Wildman–Crippen LogP) is 3.78. The minimum Gasteiger partial charge on any atom is -0.339 e. The van der Waals surface area contributed by atoms with Crippen molar-refractivity contribution in [2.45, 2.75) is 38.5 Å². The molecule has 0 atom stereocenters. The Morgan fingerprint density at radius 3 is 2.34 bits per heavy atom. The van der Waals surface area contributed by atoms with Gasteiger partial charge in [0, 0.05) is 43.4 Å². The molecule has 5 nitrogen and oxygen atoms in total. The summed E-state index contributed by atoms with van der Waals surface area (Å²) < 4.78 is 13.4. The maximum atomic E-state index is 13.4. The summed E-state index contributed by atoms with van der Waals surface area (Å²) >= 11 is 0. The van der Waals surface area contributed by atoms with Crippen LogP contribution in [0.25, 0.3) is 0 Å². The Bertz CT molecular complexity index is 916. The largest absolute Gasteiger partial charge is 0.339 e. The lowest BCUT2D eigenvalue weighted by molar-refractivity contribution is 0.0706. The van der Waals surface area contributed by atoms with E-state index >= 15 is 0 Å². The van der Waals surface area contributed by atoms with Gasteiger partial charge >= 0.3 is 0 Å². The number of benzene rings is 1. The Kier molecular flexibility index (Phi) is 5.60. The number of likely N-dealkylation sites (tertiary alicyclic amines) is 2. The molecule has 0 N–H and O–H groups in total. The summed E-state index contributed by atoms with van der Waals surface area (Å²) in [6.07, 6.45) is 3.61. The summed E-state index contributed by atoms with van der Waals surface area (Å²) in [5.74, 6) is -0.329. The lowest BCUT2D eigenvalue weighted by Gasteiger charge is -2.33. The van der Waals surface area contributed by atoms with Crippen LogP contribution in [0.3, 0.4) is 0 Å². The standard InChI is InChI=1S/C23H26FN3O2/c1-16-7-8-20(23(29)26-11-2-3-12-26)21(25-16)17-9-13-27(14-10-17)22(28)18-5-4-6-19(24)15-18/h4-8,15,17H,2-3,9-14H2,1H3. The summed E-state index contributed by atoms with van der Waals surface area (Å²) in [7, 11) is 0. The van der Waals surface area contributed by atoms with Crippen LogP contribution in [0.2, 0.25) is 0 Å². The van der Waals surface area contributed by atoms with E-state index in [1.807, 2.05) is 24.0 Å². The maximum Gasteiger partial charge on any atom is 0.255 e. The number of halogens is 1. The fourth-order valence-electron chi connectivity index (χ4n) is 4.32. The Balaban J connectivity index is 1.49. The molecule has 0 radical (unpaired) electrons. The summed E-state index contributed by atoms with van der Waals surface area (Å²) in [5, 5.41) is 0. The third-order valence-electron chi connectivity index (χ3n) is 5.93. The maximum absolute atomic E-state index is 13.4. The predicted molar refractivity (Wildman–Crippen MR) is 108 cm³/mol. The van der Waals surface area contributed by atoms with E-state index in [4.69, 9.17) is 4.98 Å². The van der Waals surface area contributed by atoms with Gasteiger partial charge in [0.05, 0.1) is 11.3 Å². The number of rotatable bonds is 3. The average molecular weight is 395 g/mol. The number of pyridine rings is 1. The van der Waals surface area contributed by atoms with E-state index in [1.165, 1.54) is 12.1 Å². The Morgan fingerprint density at radius 2 is 1.66 bits per heavy atom. The zero-order valence-electron chi connectivity index (χ0n) is 16.7. The van der Waals surface area contributed by atoms with Crippen molar-refractivity contribution in [3.8, 4) is 0 Å². The summed E-state index contributed by atoms with van der Waals surface area (Å²) in [4.78, 5) is 34.1. The Morgan fingerprint density at radius 1 is 0.966 bits per heavy atom. The van der Waals surface area contributed by atoms with Gasteiger partial charge in [0.25, 0.3) is 11.8 Å². The molecule has 6 heteroatoms. The number of carbonyl (C=O) groups is 2. The van der Waals surface area contributed by atoms with Crippen LogP contribution >= 0.6 is 0 Å².